The summed E-state index contributed by atoms with van der Waals surface area (Å²) in [4.78, 5) is 33.4. The maximum Gasteiger partial charge on any atom is 0.338 e. The Morgan fingerprint density at radius 1 is 1.40 bits per heavy atom. The lowest BCUT2D eigenvalue weighted by Gasteiger charge is -2.09. The predicted molar refractivity (Wildman–Crippen MR) is 78.5 cm³/mol. The summed E-state index contributed by atoms with van der Waals surface area (Å²) >= 11 is 1.78. The molecule has 7 heteroatoms. The number of aldehydes is 1. The molecule has 1 aromatic carbocycles. The number of phenolic OH excluding ortho intramolecular Hbond substituents is 1. The van der Waals surface area contributed by atoms with E-state index >= 15 is 0 Å². The molecular formula is C13H11IO6. The van der Waals surface area contributed by atoms with Gasteiger partial charge in [-0.25, -0.2) is 9.59 Å². The van der Waals surface area contributed by atoms with Gasteiger partial charge in [0, 0.05) is 6.08 Å². The van der Waals surface area contributed by atoms with Crippen molar-refractivity contribution in [3.8, 4) is 5.75 Å². The Balaban J connectivity index is 3.42. The minimum Gasteiger partial charge on any atom is -0.506 e. The number of rotatable bonds is 5. The van der Waals surface area contributed by atoms with Gasteiger partial charge in [-0.3, -0.25) is 4.79 Å². The first-order valence-electron chi connectivity index (χ1n) is 5.50. The van der Waals surface area contributed by atoms with Crippen molar-refractivity contribution in [2.45, 2.75) is 6.92 Å². The van der Waals surface area contributed by atoms with E-state index in [4.69, 9.17) is 9.84 Å². The zero-order valence-corrected chi connectivity index (χ0v) is 12.6. The number of carboxylic acid groups (broad SMARTS) is 1. The smallest absolute Gasteiger partial charge is 0.338 e. The summed E-state index contributed by atoms with van der Waals surface area (Å²) in [6.07, 6.45) is 1.12. The highest BCUT2D eigenvalue weighted by Crippen LogP contribution is 2.28. The van der Waals surface area contributed by atoms with Crippen molar-refractivity contribution in [3.63, 3.8) is 0 Å². The molecule has 0 radical (unpaired) electrons. The largest absolute Gasteiger partial charge is 0.506 e. The van der Waals surface area contributed by atoms with Crippen molar-refractivity contribution >= 4 is 46.4 Å². The van der Waals surface area contributed by atoms with Crippen molar-refractivity contribution in [1.29, 1.82) is 0 Å². The van der Waals surface area contributed by atoms with Crippen molar-refractivity contribution in [1.82, 2.24) is 0 Å². The molecule has 0 spiro atoms. The van der Waals surface area contributed by atoms with Gasteiger partial charge < -0.3 is 14.9 Å². The molecule has 0 atom stereocenters. The number of aliphatic carboxylic acids is 1. The molecule has 1 aromatic rings. The van der Waals surface area contributed by atoms with E-state index in [1.54, 1.807) is 29.5 Å². The maximum absolute atomic E-state index is 11.8. The van der Waals surface area contributed by atoms with E-state index in [-0.39, 0.29) is 29.1 Å². The van der Waals surface area contributed by atoms with Crippen LogP contribution in [0.4, 0.5) is 0 Å². The fraction of sp³-hybridized carbons (Fsp3) is 0.154. The van der Waals surface area contributed by atoms with Gasteiger partial charge in [0.25, 0.3) is 0 Å². The van der Waals surface area contributed by atoms with Crippen LogP contribution in [0.2, 0.25) is 0 Å². The van der Waals surface area contributed by atoms with E-state index in [9.17, 15) is 19.5 Å². The molecule has 106 valence electrons. The molecule has 20 heavy (non-hydrogen) atoms. The zero-order valence-electron chi connectivity index (χ0n) is 10.4. The molecule has 0 saturated carbocycles. The molecule has 0 unspecified atom stereocenters. The molecule has 0 aromatic heterocycles. The van der Waals surface area contributed by atoms with Crippen LogP contribution in [0, 0.1) is 3.57 Å². The standard InChI is InChI=1S/C13H11IO6/c1-2-20-13(19)9(5-11(16)17)7-3-8(6-15)12(18)10(14)4-7/h3-6,18H,2H2,1H3,(H,16,17). The number of ether oxygens (including phenoxy) is 1. The Hall–Kier alpha value is -1.90. The summed E-state index contributed by atoms with van der Waals surface area (Å²) in [5.41, 5.74) is -0.0389. The maximum atomic E-state index is 11.8. The minimum absolute atomic E-state index is 0.0347. The first kappa shape index (κ1) is 16.2. The van der Waals surface area contributed by atoms with E-state index in [0.29, 0.717) is 15.9 Å². The molecule has 6 nitrogen and oxygen atoms in total. The van der Waals surface area contributed by atoms with Gasteiger partial charge in [0.1, 0.15) is 5.75 Å². The second-order valence-corrected chi connectivity index (χ2v) is 4.79. The molecular weight excluding hydrogens is 379 g/mol. The van der Waals surface area contributed by atoms with Crippen LogP contribution in [-0.2, 0) is 14.3 Å². The van der Waals surface area contributed by atoms with Crippen molar-refractivity contribution in [2.75, 3.05) is 6.61 Å². The SMILES string of the molecule is CCOC(=O)C(=CC(=O)O)c1cc(I)c(O)c(C=O)c1. The quantitative estimate of drug-likeness (QED) is 0.345. The summed E-state index contributed by atoms with van der Waals surface area (Å²) in [6, 6.07) is 2.63. The normalized spacial score (nSPS) is 11.0. The van der Waals surface area contributed by atoms with Gasteiger partial charge in [0.05, 0.1) is 21.3 Å². The van der Waals surface area contributed by atoms with Crippen LogP contribution in [0.15, 0.2) is 18.2 Å². The van der Waals surface area contributed by atoms with E-state index in [2.05, 4.69) is 0 Å². The molecule has 0 bridgehead atoms. The van der Waals surface area contributed by atoms with Crippen molar-refractivity contribution in [3.05, 3.63) is 32.9 Å². The van der Waals surface area contributed by atoms with Gasteiger partial charge in [-0.05, 0) is 47.2 Å². The minimum atomic E-state index is -1.32. The lowest BCUT2D eigenvalue weighted by atomic mass is 10.0. The average Bonchev–Trinajstić information content (AvgIpc) is 2.39. The fourth-order valence-electron chi connectivity index (χ4n) is 1.46. The second-order valence-electron chi connectivity index (χ2n) is 3.63. The monoisotopic (exact) mass is 390 g/mol. The number of phenols is 1. The summed E-state index contributed by atoms with van der Waals surface area (Å²) in [5, 5.41) is 18.4. The van der Waals surface area contributed by atoms with Gasteiger partial charge in [-0.15, -0.1) is 0 Å². The number of hydrogen-bond donors (Lipinski definition) is 2. The molecule has 0 amide bonds. The van der Waals surface area contributed by atoms with E-state index in [1.807, 2.05) is 0 Å². The van der Waals surface area contributed by atoms with Gasteiger partial charge in [-0.1, -0.05) is 0 Å². The van der Waals surface area contributed by atoms with E-state index < -0.39 is 11.9 Å². The fourth-order valence-corrected chi connectivity index (χ4v) is 2.11. The van der Waals surface area contributed by atoms with Crippen LogP contribution < -0.4 is 0 Å². The summed E-state index contributed by atoms with van der Waals surface area (Å²) < 4.78 is 5.10. The molecule has 0 aliphatic heterocycles. The molecule has 0 aliphatic rings. The number of halogens is 1. The van der Waals surface area contributed by atoms with Gasteiger partial charge >= 0.3 is 11.9 Å². The average molecular weight is 390 g/mol. The first-order chi connectivity index (χ1) is 9.40. The summed E-state index contributed by atoms with van der Waals surface area (Å²) in [5.74, 6) is -2.35. The Bertz CT molecular complexity index is 591. The van der Waals surface area contributed by atoms with E-state index in [0.717, 1.165) is 0 Å². The van der Waals surface area contributed by atoms with Crippen molar-refractivity contribution < 1.29 is 29.3 Å². The molecule has 2 N–H and O–H groups in total. The summed E-state index contributed by atoms with van der Waals surface area (Å²) in [7, 11) is 0. The highest BCUT2D eigenvalue weighted by atomic mass is 127. The van der Waals surface area contributed by atoms with Crippen LogP contribution in [0.3, 0.4) is 0 Å². The third kappa shape index (κ3) is 3.80. The summed E-state index contributed by atoms with van der Waals surface area (Å²) in [6.45, 7) is 1.68. The van der Waals surface area contributed by atoms with Crippen LogP contribution in [0.5, 0.6) is 5.75 Å². The third-order valence-corrected chi connectivity index (χ3v) is 3.12. The lowest BCUT2D eigenvalue weighted by molar-refractivity contribution is -0.137. The Morgan fingerprint density at radius 3 is 2.55 bits per heavy atom. The molecule has 0 fully saturated rings. The third-order valence-electron chi connectivity index (χ3n) is 2.29. The Labute approximate surface area is 128 Å². The topological polar surface area (TPSA) is 101 Å². The highest BCUT2D eigenvalue weighted by Gasteiger charge is 2.18. The first-order valence-corrected chi connectivity index (χ1v) is 6.58. The predicted octanol–water partition coefficient (Wildman–Crippen LogP) is 1.84. The van der Waals surface area contributed by atoms with Crippen LogP contribution >= 0.6 is 22.6 Å². The zero-order chi connectivity index (χ0) is 15.3. The van der Waals surface area contributed by atoms with Gasteiger partial charge in [0.2, 0.25) is 0 Å². The Kier molecular flexibility index (Phi) is 5.68. The van der Waals surface area contributed by atoms with Gasteiger partial charge in [-0.2, -0.15) is 0 Å². The highest BCUT2D eigenvalue weighted by molar-refractivity contribution is 14.1. The van der Waals surface area contributed by atoms with E-state index in [1.165, 1.54) is 12.1 Å². The Morgan fingerprint density at radius 2 is 2.05 bits per heavy atom. The molecule has 0 heterocycles. The van der Waals surface area contributed by atoms with Crippen LogP contribution in [-0.4, -0.2) is 35.0 Å². The number of carboxylic acids is 1. The van der Waals surface area contributed by atoms with Crippen molar-refractivity contribution in [2.24, 2.45) is 0 Å². The molecule has 0 saturated heterocycles. The molecule has 0 aliphatic carbocycles. The van der Waals surface area contributed by atoms with Crippen LogP contribution in [0.1, 0.15) is 22.8 Å². The van der Waals surface area contributed by atoms with Gasteiger partial charge in [0.15, 0.2) is 6.29 Å². The number of aromatic hydroxyl groups is 1. The van der Waals surface area contributed by atoms with Crippen LogP contribution in [0.25, 0.3) is 5.57 Å². The number of benzene rings is 1. The lowest BCUT2D eigenvalue weighted by Crippen LogP contribution is -2.09. The molecule has 1 rings (SSSR count). The number of esters is 1. The number of carbonyl (C=O) groups is 3. The second kappa shape index (κ2) is 7.04. The number of carbonyl (C=O) groups excluding carboxylic acids is 2. The number of hydrogen-bond acceptors (Lipinski definition) is 5.